The van der Waals surface area contributed by atoms with Gasteiger partial charge in [-0.05, 0) is 36.1 Å². The van der Waals surface area contributed by atoms with Gasteiger partial charge >= 0.3 is 6.09 Å². The smallest absolute Gasteiger partial charge is 0.414 e. The fourth-order valence-electron chi connectivity index (χ4n) is 4.88. The van der Waals surface area contributed by atoms with Crippen molar-refractivity contribution in [3.05, 3.63) is 65.2 Å². The molecule has 2 aromatic carbocycles. The van der Waals surface area contributed by atoms with E-state index in [9.17, 15) is 27.5 Å². The van der Waals surface area contributed by atoms with Gasteiger partial charge in [0, 0.05) is 5.56 Å². The molecule has 1 aliphatic heterocycles. The van der Waals surface area contributed by atoms with E-state index in [0.717, 1.165) is 11.0 Å². The lowest BCUT2D eigenvalue weighted by Gasteiger charge is -2.41. The van der Waals surface area contributed by atoms with E-state index in [2.05, 4.69) is 4.99 Å². The average Bonchev–Trinajstić information content (AvgIpc) is 3.34. The number of carboxylic acid groups (broad SMARTS) is 1. The highest BCUT2D eigenvalue weighted by atomic mass is 32.2. The van der Waals surface area contributed by atoms with E-state index in [-0.39, 0.29) is 10.7 Å². The molecule has 1 N–H and O–H groups in total. The summed E-state index contributed by atoms with van der Waals surface area (Å²) in [6, 6.07) is 9.31. The second-order valence-electron chi connectivity index (χ2n) is 10.0. The lowest BCUT2D eigenvalue weighted by Crippen LogP contribution is -2.46. The molecule has 188 valence electrons. The van der Waals surface area contributed by atoms with Gasteiger partial charge in [-0.1, -0.05) is 56.8 Å². The number of nitrogens with zero attached hydrogens (tertiary/aromatic N) is 2. The van der Waals surface area contributed by atoms with E-state index in [4.69, 9.17) is 4.74 Å². The Bertz CT molecular complexity index is 1180. The first kappa shape index (κ1) is 25.3. The molecule has 0 radical (unpaired) electrons. The lowest BCUT2D eigenvalue weighted by atomic mass is 9.81. The second-order valence-corrected chi connectivity index (χ2v) is 11.1. The van der Waals surface area contributed by atoms with Crippen LogP contribution < -0.4 is 4.74 Å². The molecular formula is C25H26F4N2O3S. The molecule has 35 heavy (non-hydrogen) atoms. The number of alkyl halides is 2. The van der Waals surface area contributed by atoms with Crippen LogP contribution in [0, 0.1) is 23.0 Å². The van der Waals surface area contributed by atoms with Gasteiger partial charge in [-0.15, -0.1) is 0 Å². The van der Waals surface area contributed by atoms with Gasteiger partial charge in [0.2, 0.25) is 0 Å². The zero-order valence-electron chi connectivity index (χ0n) is 19.9. The summed E-state index contributed by atoms with van der Waals surface area (Å²) < 4.78 is 63.9. The third-order valence-electron chi connectivity index (χ3n) is 6.57. The number of hydrogen-bond donors (Lipinski definition) is 1. The van der Waals surface area contributed by atoms with Crippen molar-refractivity contribution in [2.45, 2.75) is 50.4 Å². The van der Waals surface area contributed by atoms with Gasteiger partial charge in [-0.3, -0.25) is 4.99 Å². The van der Waals surface area contributed by atoms with Gasteiger partial charge in [0.25, 0.3) is 5.92 Å². The Balaban J connectivity index is 1.88. The minimum absolute atomic E-state index is 0.183. The van der Waals surface area contributed by atoms with Gasteiger partial charge in [-0.2, -0.15) is 0 Å². The van der Waals surface area contributed by atoms with Gasteiger partial charge < -0.3 is 9.84 Å². The molecule has 1 fully saturated rings. The van der Waals surface area contributed by atoms with Gasteiger partial charge in [-0.25, -0.2) is 27.3 Å². The predicted octanol–water partition coefficient (Wildman–Crippen LogP) is 6.69. The monoisotopic (exact) mass is 510 g/mol. The van der Waals surface area contributed by atoms with Crippen molar-refractivity contribution in [3.8, 4) is 5.75 Å². The quantitative estimate of drug-likeness (QED) is 0.466. The zero-order chi connectivity index (χ0) is 25.9. The number of hydrogen-bond acceptors (Lipinski definition) is 4. The SMILES string of the molecule is COc1ccc(C(N(C(=O)O)C2=N[C@](C)(c3cccc(F)c3F)[C@H]3[C@@H](S2)C3(F)F)C(C)(C)C)cc1. The summed E-state index contributed by atoms with van der Waals surface area (Å²) in [6.07, 6.45) is -1.39. The number of amides is 1. The molecule has 0 aromatic heterocycles. The molecule has 1 unspecified atom stereocenters. The van der Waals surface area contributed by atoms with Crippen LogP contribution in [0.2, 0.25) is 0 Å². The minimum atomic E-state index is -3.23. The summed E-state index contributed by atoms with van der Waals surface area (Å²) in [5, 5.41) is 8.78. The minimum Gasteiger partial charge on any atom is -0.497 e. The Hall–Kier alpha value is -2.75. The summed E-state index contributed by atoms with van der Waals surface area (Å²) in [5.41, 5.74) is -2.27. The molecule has 4 atom stereocenters. The summed E-state index contributed by atoms with van der Waals surface area (Å²) in [7, 11) is 1.51. The molecule has 2 aliphatic rings. The maximum absolute atomic E-state index is 14.9. The van der Waals surface area contributed by atoms with Crippen LogP contribution in [0.1, 0.15) is 44.9 Å². The molecule has 1 amide bonds. The van der Waals surface area contributed by atoms with Crippen molar-refractivity contribution < 1.29 is 32.2 Å². The maximum atomic E-state index is 14.9. The third kappa shape index (κ3) is 4.15. The lowest BCUT2D eigenvalue weighted by molar-refractivity contribution is 0.0814. The zero-order valence-corrected chi connectivity index (χ0v) is 20.7. The molecule has 0 saturated heterocycles. The molecule has 4 rings (SSSR count). The number of amidine groups is 1. The number of aliphatic imine (C=N–C) groups is 1. The summed E-state index contributed by atoms with van der Waals surface area (Å²) in [6.45, 7) is 6.78. The molecule has 1 aliphatic carbocycles. The highest BCUT2D eigenvalue weighted by Crippen LogP contribution is 2.67. The first-order valence-corrected chi connectivity index (χ1v) is 11.9. The number of carbonyl (C=O) groups is 1. The Kier molecular flexibility index (Phi) is 6.10. The first-order valence-electron chi connectivity index (χ1n) is 11.0. The molecule has 5 nitrogen and oxygen atoms in total. The molecule has 0 bridgehead atoms. The maximum Gasteiger partial charge on any atom is 0.414 e. The number of ether oxygens (including phenoxy) is 1. The number of benzene rings is 2. The van der Waals surface area contributed by atoms with Crippen molar-refractivity contribution in [2.75, 3.05) is 7.11 Å². The van der Waals surface area contributed by atoms with Gasteiger partial charge in [0.15, 0.2) is 16.8 Å². The fourth-order valence-corrected chi connectivity index (χ4v) is 6.46. The van der Waals surface area contributed by atoms with E-state index in [0.29, 0.717) is 23.1 Å². The third-order valence-corrected chi connectivity index (χ3v) is 7.91. The van der Waals surface area contributed by atoms with Crippen LogP contribution >= 0.6 is 11.8 Å². The van der Waals surface area contributed by atoms with Crippen LogP contribution in [-0.2, 0) is 5.54 Å². The fraction of sp³-hybridized carbons (Fsp3) is 0.440. The topological polar surface area (TPSA) is 62.1 Å². The number of rotatable bonds is 4. The predicted molar refractivity (Wildman–Crippen MR) is 126 cm³/mol. The number of fused-ring (bicyclic) bond motifs is 1. The van der Waals surface area contributed by atoms with Gasteiger partial charge in [0.1, 0.15) is 5.75 Å². The molecule has 1 heterocycles. The van der Waals surface area contributed by atoms with Crippen LogP contribution in [0.15, 0.2) is 47.5 Å². The van der Waals surface area contributed by atoms with Crippen molar-refractivity contribution in [2.24, 2.45) is 16.3 Å². The Morgan fingerprint density at radius 1 is 1.17 bits per heavy atom. The Morgan fingerprint density at radius 3 is 2.34 bits per heavy atom. The van der Waals surface area contributed by atoms with Crippen molar-refractivity contribution in [1.82, 2.24) is 4.90 Å². The van der Waals surface area contributed by atoms with E-state index in [1.807, 2.05) is 20.8 Å². The molecule has 10 heteroatoms. The van der Waals surface area contributed by atoms with Crippen molar-refractivity contribution >= 4 is 23.0 Å². The molecule has 0 spiro atoms. The van der Waals surface area contributed by atoms with Crippen molar-refractivity contribution in [1.29, 1.82) is 0 Å². The molecular weight excluding hydrogens is 484 g/mol. The van der Waals surface area contributed by atoms with Crippen LogP contribution in [0.5, 0.6) is 5.75 Å². The standard InChI is InChI=1S/C25H26F4N2O3S/c1-23(2,3)19(13-9-11-14(34-5)12-10-13)31(22(32)33)21-30-24(4,18-20(35-21)25(18,28)29)15-7-6-8-16(26)17(15)27/h6-12,18-20H,1-5H3,(H,32,33)/t18-,19?,20-,24-/m1/s1. The van der Waals surface area contributed by atoms with Crippen LogP contribution in [-0.4, -0.2) is 39.5 Å². The van der Waals surface area contributed by atoms with Crippen LogP contribution in [0.3, 0.4) is 0 Å². The first-order chi connectivity index (χ1) is 16.2. The van der Waals surface area contributed by atoms with Crippen LogP contribution in [0.4, 0.5) is 22.4 Å². The summed E-state index contributed by atoms with van der Waals surface area (Å²) in [5.74, 6) is -6.51. The average molecular weight is 511 g/mol. The molecule has 1 saturated carbocycles. The van der Waals surface area contributed by atoms with E-state index >= 15 is 0 Å². The summed E-state index contributed by atoms with van der Waals surface area (Å²) >= 11 is 0.662. The molecule has 2 aromatic rings. The van der Waals surface area contributed by atoms with Crippen LogP contribution in [0.25, 0.3) is 0 Å². The van der Waals surface area contributed by atoms with Gasteiger partial charge in [0.05, 0.1) is 29.9 Å². The van der Waals surface area contributed by atoms with E-state index in [1.54, 1.807) is 24.3 Å². The largest absolute Gasteiger partial charge is 0.497 e. The normalized spacial score (nSPS) is 25.8. The van der Waals surface area contributed by atoms with Crippen molar-refractivity contribution in [3.63, 3.8) is 0 Å². The Labute approximate surface area is 205 Å². The number of thioether (sulfide) groups is 1. The van der Waals surface area contributed by atoms with E-state index < -0.39 is 51.8 Å². The second kappa shape index (κ2) is 8.43. The number of halogens is 4. The summed E-state index contributed by atoms with van der Waals surface area (Å²) in [4.78, 5) is 18.0. The Morgan fingerprint density at radius 2 is 1.80 bits per heavy atom. The number of methoxy groups -OCH3 is 1. The van der Waals surface area contributed by atoms with E-state index in [1.165, 1.54) is 26.2 Å². The highest BCUT2D eigenvalue weighted by molar-refractivity contribution is 8.14. The highest BCUT2D eigenvalue weighted by Gasteiger charge is 2.78.